The molecular weight excluding hydrogens is 238 g/mol. The molecule has 4 nitrogen and oxygen atoms in total. The number of aromatic nitrogens is 1. The van der Waals surface area contributed by atoms with Gasteiger partial charge in [0.2, 0.25) is 5.88 Å². The maximum Gasteiger partial charge on any atom is 0.234 e. The van der Waals surface area contributed by atoms with Crippen molar-refractivity contribution in [3.63, 3.8) is 0 Å². The van der Waals surface area contributed by atoms with E-state index in [0.29, 0.717) is 16.5 Å². The molecule has 0 amide bonds. The zero-order valence-electron chi connectivity index (χ0n) is 9.40. The molecule has 1 heterocycles. The Morgan fingerprint density at radius 3 is 2.76 bits per heavy atom. The molecule has 0 aliphatic heterocycles. The molecule has 0 bridgehead atoms. The van der Waals surface area contributed by atoms with Gasteiger partial charge in [-0.05, 0) is 31.7 Å². The Morgan fingerprint density at radius 2 is 2.12 bits per heavy atom. The summed E-state index contributed by atoms with van der Waals surface area (Å²) in [7, 11) is 0. The lowest BCUT2D eigenvalue weighted by Crippen LogP contribution is -2.31. The molecule has 1 aromatic heterocycles. The van der Waals surface area contributed by atoms with E-state index in [0.717, 1.165) is 25.7 Å². The first-order valence-electron chi connectivity index (χ1n) is 5.67. The van der Waals surface area contributed by atoms with Crippen molar-refractivity contribution in [1.82, 2.24) is 4.98 Å². The number of hydrogen-bond donors (Lipinski definition) is 1. The summed E-state index contributed by atoms with van der Waals surface area (Å²) < 4.78 is 5.73. The Morgan fingerprint density at radius 1 is 1.41 bits per heavy atom. The lowest BCUT2D eigenvalue weighted by Gasteiger charge is -2.26. The van der Waals surface area contributed by atoms with Gasteiger partial charge in [0.25, 0.3) is 0 Å². The van der Waals surface area contributed by atoms with Gasteiger partial charge < -0.3 is 10.5 Å². The summed E-state index contributed by atoms with van der Waals surface area (Å²) in [6.07, 6.45) is 5.38. The number of pyridine rings is 1. The summed E-state index contributed by atoms with van der Waals surface area (Å²) in [6.45, 7) is 0. The number of ether oxygens (including phenoxy) is 1. The van der Waals surface area contributed by atoms with Gasteiger partial charge in [0.1, 0.15) is 17.2 Å². The quantitative estimate of drug-likeness (QED) is 0.875. The van der Waals surface area contributed by atoms with E-state index >= 15 is 0 Å². The molecule has 0 aromatic carbocycles. The van der Waals surface area contributed by atoms with Gasteiger partial charge in [-0.3, -0.25) is 0 Å². The average Bonchev–Trinajstić information content (AvgIpc) is 2.35. The molecule has 2 rings (SSSR count). The van der Waals surface area contributed by atoms with E-state index in [2.05, 4.69) is 4.98 Å². The van der Waals surface area contributed by atoms with Crippen LogP contribution >= 0.6 is 11.6 Å². The van der Waals surface area contributed by atoms with Crippen molar-refractivity contribution in [2.24, 2.45) is 5.73 Å². The van der Waals surface area contributed by atoms with Gasteiger partial charge >= 0.3 is 0 Å². The zero-order chi connectivity index (χ0) is 12.3. The van der Waals surface area contributed by atoms with E-state index in [1.807, 2.05) is 6.07 Å². The summed E-state index contributed by atoms with van der Waals surface area (Å²) in [4.78, 5) is 4.06. The maximum atomic E-state index is 8.85. The molecule has 0 spiro atoms. The second-order valence-electron chi connectivity index (χ2n) is 4.24. The first-order chi connectivity index (χ1) is 8.20. The predicted octanol–water partition coefficient (Wildman–Crippen LogP) is 2.26. The van der Waals surface area contributed by atoms with Gasteiger partial charge in [-0.1, -0.05) is 11.6 Å². The first kappa shape index (κ1) is 12.2. The molecule has 5 heteroatoms. The van der Waals surface area contributed by atoms with Crippen LogP contribution in [0.5, 0.6) is 5.88 Å². The van der Waals surface area contributed by atoms with Crippen LogP contribution in [-0.4, -0.2) is 17.1 Å². The molecule has 1 aromatic rings. The van der Waals surface area contributed by atoms with E-state index in [-0.39, 0.29) is 12.1 Å². The minimum Gasteiger partial charge on any atom is -0.473 e. The lowest BCUT2D eigenvalue weighted by atomic mass is 9.94. The SMILES string of the molecule is N#Cc1ccnc(OC2CCC(N)CC2)c1Cl. The second-order valence-corrected chi connectivity index (χ2v) is 4.62. The van der Waals surface area contributed by atoms with Crippen LogP contribution in [0.2, 0.25) is 5.02 Å². The van der Waals surface area contributed by atoms with Gasteiger partial charge in [-0.2, -0.15) is 5.26 Å². The van der Waals surface area contributed by atoms with Crippen LogP contribution in [0.1, 0.15) is 31.2 Å². The number of nitrogens with zero attached hydrogens (tertiary/aromatic N) is 2. The van der Waals surface area contributed by atoms with Crippen LogP contribution in [0.3, 0.4) is 0 Å². The fourth-order valence-corrected chi connectivity index (χ4v) is 2.16. The topological polar surface area (TPSA) is 71.9 Å². The highest BCUT2D eigenvalue weighted by atomic mass is 35.5. The summed E-state index contributed by atoms with van der Waals surface area (Å²) in [5.41, 5.74) is 6.22. The highest BCUT2D eigenvalue weighted by Crippen LogP contribution is 2.28. The molecule has 0 saturated heterocycles. The fraction of sp³-hybridized carbons (Fsp3) is 0.500. The van der Waals surface area contributed by atoms with Crippen molar-refractivity contribution >= 4 is 11.6 Å². The Bertz CT molecular complexity index is 436. The van der Waals surface area contributed by atoms with Crippen molar-refractivity contribution in [2.45, 2.75) is 37.8 Å². The summed E-state index contributed by atoms with van der Waals surface area (Å²) in [5, 5.41) is 9.15. The van der Waals surface area contributed by atoms with Crippen LogP contribution in [0.15, 0.2) is 12.3 Å². The van der Waals surface area contributed by atoms with E-state index in [1.54, 1.807) is 6.07 Å². The smallest absolute Gasteiger partial charge is 0.234 e. The van der Waals surface area contributed by atoms with E-state index < -0.39 is 0 Å². The molecule has 90 valence electrons. The molecule has 1 aliphatic rings. The Hall–Kier alpha value is -1.31. The second kappa shape index (κ2) is 5.35. The fourth-order valence-electron chi connectivity index (χ4n) is 1.96. The third kappa shape index (κ3) is 2.87. The number of halogens is 1. The molecule has 0 unspecified atom stereocenters. The predicted molar refractivity (Wildman–Crippen MR) is 64.8 cm³/mol. The van der Waals surface area contributed by atoms with E-state index in [1.165, 1.54) is 6.20 Å². The van der Waals surface area contributed by atoms with Crippen LogP contribution in [0.25, 0.3) is 0 Å². The largest absolute Gasteiger partial charge is 0.473 e. The van der Waals surface area contributed by atoms with Crippen molar-refractivity contribution < 1.29 is 4.74 Å². The highest BCUT2D eigenvalue weighted by molar-refractivity contribution is 6.32. The molecule has 0 atom stereocenters. The van der Waals surface area contributed by atoms with Crippen LogP contribution in [0, 0.1) is 11.3 Å². The van der Waals surface area contributed by atoms with Gasteiger partial charge in [0, 0.05) is 12.2 Å². The van der Waals surface area contributed by atoms with E-state index in [4.69, 9.17) is 27.3 Å². The van der Waals surface area contributed by atoms with Gasteiger partial charge in [-0.15, -0.1) is 0 Å². The Labute approximate surface area is 105 Å². The molecule has 17 heavy (non-hydrogen) atoms. The van der Waals surface area contributed by atoms with E-state index in [9.17, 15) is 0 Å². The van der Waals surface area contributed by atoms with Gasteiger partial charge in [-0.25, -0.2) is 4.98 Å². The highest BCUT2D eigenvalue weighted by Gasteiger charge is 2.21. The summed E-state index contributed by atoms with van der Waals surface area (Å²) in [5.74, 6) is 0.353. The molecule has 0 radical (unpaired) electrons. The molecule has 1 aliphatic carbocycles. The average molecular weight is 252 g/mol. The van der Waals surface area contributed by atoms with Crippen molar-refractivity contribution in [1.29, 1.82) is 5.26 Å². The standard InChI is InChI=1S/C12H14ClN3O/c13-11-8(7-14)5-6-16-12(11)17-10-3-1-9(15)2-4-10/h5-6,9-10H,1-4,15H2. The normalized spacial score (nSPS) is 24.1. The maximum absolute atomic E-state index is 8.85. The third-order valence-electron chi connectivity index (χ3n) is 2.97. The minimum atomic E-state index is 0.105. The molecule has 1 fully saturated rings. The van der Waals surface area contributed by atoms with Crippen molar-refractivity contribution in [3.8, 4) is 11.9 Å². The molecular formula is C12H14ClN3O. The molecule has 1 saturated carbocycles. The van der Waals surface area contributed by atoms with Crippen LogP contribution < -0.4 is 10.5 Å². The summed E-state index contributed by atoms with van der Waals surface area (Å²) in [6, 6.07) is 3.86. The third-order valence-corrected chi connectivity index (χ3v) is 3.34. The number of nitrogens with two attached hydrogens (primary N) is 1. The first-order valence-corrected chi connectivity index (χ1v) is 6.05. The van der Waals surface area contributed by atoms with Gasteiger partial charge in [0.05, 0.1) is 5.56 Å². The number of rotatable bonds is 2. The lowest BCUT2D eigenvalue weighted by molar-refractivity contribution is 0.141. The summed E-state index contributed by atoms with van der Waals surface area (Å²) >= 11 is 6.02. The zero-order valence-corrected chi connectivity index (χ0v) is 10.2. The monoisotopic (exact) mass is 251 g/mol. The molecule has 2 N–H and O–H groups in total. The van der Waals surface area contributed by atoms with Crippen molar-refractivity contribution in [3.05, 3.63) is 22.8 Å². The Kier molecular flexibility index (Phi) is 3.82. The van der Waals surface area contributed by atoms with Crippen LogP contribution in [-0.2, 0) is 0 Å². The minimum absolute atomic E-state index is 0.105. The number of nitriles is 1. The number of hydrogen-bond acceptors (Lipinski definition) is 4. The van der Waals surface area contributed by atoms with Gasteiger partial charge in [0.15, 0.2) is 0 Å². The van der Waals surface area contributed by atoms with Crippen LogP contribution in [0.4, 0.5) is 0 Å². The van der Waals surface area contributed by atoms with Crippen molar-refractivity contribution in [2.75, 3.05) is 0 Å². The Balaban J connectivity index is 2.06.